The molecular weight excluding hydrogens is 769 g/mol. The zero-order chi connectivity index (χ0) is 45.2. The van der Waals surface area contributed by atoms with E-state index in [9.17, 15) is 14.4 Å². The van der Waals surface area contributed by atoms with Crippen LogP contribution >= 0.6 is 0 Å². The quantitative estimate of drug-likeness (QED) is 0.0344. The number of hydrogen-bond acceptors (Lipinski definition) is 6. The monoisotopic (exact) mass is 877 g/mol. The minimum absolute atomic E-state index is 0.0622. The fourth-order valence-electron chi connectivity index (χ4n) is 8.57. The van der Waals surface area contributed by atoms with Crippen LogP contribution in [0, 0.1) is 5.92 Å². The minimum atomic E-state index is -0.761. The van der Waals surface area contributed by atoms with Gasteiger partial charge in [-0.2, -0.15) is 0 Å². The van der Waals surface area contributed by atoms with Crippen molar-refractivity contribution in [2.45, 2.75) is 323 Å². The summed E-state index contributed by atoms with van der Waals surface area (Å²) < 4.78 is 16.8. The van der Waals surface area contributed by atoms with Crippen LogP contribution in [0.15, 0.2) is 0 Å². The van der Waals surface area contributed by atoms with Crippen molar-refractivity contribution in [1.82, 2.24) is 0 Å². The Labute approximate surface area is 387 Å². The molecule has 0 radical (unpaired) electrons. The van der Waals surface area contributed by atoms with Crippen LogP contribution in [0.5, 0.6) is 0 Å². The third-order valence-electron chi connectivity index (χ3n) is 12.8. The number of rotatable bonds is 51. The van der Waals surface area contributed by atoms with Crippen molar-refractivity contribution in [2.24, 2.45) is 5.92 Å². The Bertz CT molecular complexity index is 933. The molecule has 1 atom stereocenters. The number of unbranched alkanes of at least 4 members (excludes halogenated alkanes) is 38. The van der Waals surface area contributed by atoms with Gasteiger partial charge in [0.25, 0.3) is 0 Å². The lowest BCUT2D eigenvalue weighted by Crippen LogP contribution is -2.30. The molecule has 0 aliphatic carbocycles. The average Bonchev–Trinajstić information content (AvgIpc) is 3.26. The molecule has 0 aliphatic rings. The maximum absolute atomic E-state index is 12.8. The first-order valence-corrected chi connectivity index (χ1v) is 27.9. The molecule has 0 aromatic rings. The second-order valence-corrected chi connectivity index (χ2v) is 19.7. The van der Waals surface area contributed by atoms with Gasteiger partial charge >= 0.3 is 17.9 Å². The smallest absolute Gasteiger partial charge is 0.306 e. The van der Waals surface area contributed by atoms with Gasteiger partial charge in [0.15, 0.2) is 6.10 Å². The van der Waals surface area contributed by atoms with E-state index in [4.69, 9.17) is 14.2 Å². The molecule has 0 bridgehead atoms. The molecule has 62 heavy (non-hydrogen) atoms. The molecule has 0 fully saturated rings. The van der Waals surface area contributed by atoms with Crippen LogP contribution < -0.4 is 0 Å². The van der Waals surface area contributed by atoms with Gasteiger partial charge in [-0.3, -0.25) is 14.4 Å². The molecule has 368 valence electrons. The summed E-state index contributed by atoms with van der Waals surface area (Å²) in [6.45, 7) is 9.04. The first kappa shape index (κ1) is 60.4. The summed E-state index contributed by atoms with van der Waals surface area (Å²) >= 11 is 0. The molecule has 0 spiro atoms. The molecule has 0 unspecified atom stereocenters. The molecule has 0 amide bonds. The highest BCUT2D eigenvalue weighted by atomic mass is 16.6. The van der Waals surface area contributed by atoms with Crippen molar-refractivity contribution >= 4 is 17.9 Å². The predicted molar refractivity (Wildman–Crippen MR) is 266 cm³/mol. The fraction of sp³-hybridized carbons (Fsp3) is 0.946. The van der Waals surface area contributed by atoms with E-state index in [-0.39, 0.29) is 31.1 Å². The van der Waals surface area contributed by atoms with Crippen molar-refractivity contribution in [2.75, 3.05) is 13.2 Å². The third kappa shape index (κ3) is 49.4. The summed E-state index contributed by atoms with van der Waals surface area (Å²) in [4.78, 5) is 38.0. The molecule has 0 saturated heterocycles. The minimum Gasteiger partial charge on any atom is -0.462 e. The zero-order valence-corrected chi connectivity index (χ0v) is 42.3. The second kappa shape index (κ2) is 50.4. The lowest BCUT2D eigenvalue weighted by molar-refractivity contribution is -0.167. The second-order valence-electron chi connectivity index (χ2n) is 19.7. The summed E-state index contributed by atoms with van der Waals surface area (Å²) in [6.07, 6.45) is 53.8. The Kier molecular flexibility index (Phi) is 49.1. The van der Waals surface area contributed by atoms with Gasteiger partial charge in [-0.25, -0.2) is 0 Å². The van der Waals surface area contributed by atoms with E-state index in [1.807, 2.05) is 0 Å². The zero-order valence-electron chi connectivity index (χ0n) is 42.3. The van der Waals surface area contributed by atoms with Crippen molar-refractivity contribution in [3.05, 3.63) is 0 Å². The molecule has 0 saturated carbocycles. The highest BCUT2D eigenvalue weighted by Gasteiger charge is 2.19. The Hall–Kier alpha value is -1.59. The van der Waals surface area contributed by atoms with Gasteiger partial charge in [-0.1, -0.05) is 278 Å². The van der Waals surface area contributed by atoms with Crippen LogP contribution in [0.3, 0.4) is 0 Å². The van der Waals surface area contributed by atoms with Gasteiger partial charge in [0.2, 0.25) is 0 Å². The maximum atomic E-state index is 12.8. The highest BCUT2D eigenvalue weighted by Crippen LogP contribution is 2.18. The largest absolute Gasteiger partial charge is 0.462 e. The van der Waals surface area contributed by atoms with E-state index in [0.29, 0.717) is 19.3 Å². The summed E-state index contributed by atoms with van der Waals surface area (Å²) in [5.41, 5.74) is 0. The molecule has 0 aromatic heterocycles. The van der Waals surface area contributed by atoms with E-state index in [2.05, 4.69) is 27.7 Å². The van der Waals surface area contributed by atoms with E-state index in [1.54, 1.807) is 0 Å². The first-order chi connectivity index (χ1) is 30.4. The molecule has 0 N–H and O–H groups in total. The summed E-state index contributed by atoms with van der Waals surface area (Å²) in [7, 11) is 0. The van der Waals surface area contributed by atoms with Crippen LogP contribution in [0.2, 0.25) is 0 Å². The lowest BCUT2D eigenvalue weighted by atomic mass is 10.0. The van der Waals surface area contributed by atoms with Crippen molar-refractivity contribution in [3.8, 4) is 0 Å². The van der Waals surface area contributed by atoms with Crippen LogP contribution in [0.1, 0.15) is 317 Å². The Morgan fingerprint density at radius 3 is 0.790 bits per heavy atom. The fourth-order valence-corrected chi connectivity index (χ4v) is 8.57. The maximum Gasteiger partial charge on any atom is 0.306 e. The van der Waals surface area contributed by atoms with Crippen LogP contribution in [0.4, 0.5) is 0 Å². The summed E-state index contributed by atoms with van der Waals surface area (Å²) in [5, 5.41) is 0. The van der Waals surface area contributed by atoms with Gasteiger partial charge in [0, 0.05) is 19.3 Å². The van der Waals surface area contributed by atoms with Gasteiger partial charge in [0.1, 0.15) is 13.2 Å². The molecule has 0 aliphatic heterocycles. The SMILES string of the molecule is CCCCCCCCCCCCCCCCCCCCC(=O)OC[C@H](COC(=O)CCCCCCCCCCCCC)OC(=O)CCCCCCCCCCCCCCC(C)C. The Balaban J connectivity index is 4.26. The number of carbonyl (C=O) groups is 3. The Morgan fingerprint density at radius 1 is 0.306 bits per heavy atom. The third-order valence-corrected chi connectivity index (χ3v) is 12.8. The average molecular weight is 877 g/mol. The van der Waals surface area contributed by atoms with Crippen molar-refractivity contribution in [1.29, 1.82) is 0 Å². The first-order valence-electron chi connectivity index (χ1n) is 27.9. The molecule has 0 aromatic carbocycles. The highest BCUT2D eigenvalue weighted by molar-refractivity contribution is 5.71. The normalized spacial score (nSPS) is 12.0. The van der Waals surface area contributed by atoms with E-state index < -0.39 is 6.10 Å². The summed E-state index contributed by atoms with van der Waals surface area (Å²) in [6, 6.07) is 0. The topological polar surface area (TPSA) is 78.9 Å². The van der Waals surface area contributed by atoms with E-state index in [1.165, 1.54) is 212 Å². The number of ether oxygens (including phenoxy) is 3. The van der Waals surface area contributed by atoms with Gasteiger partial charge in [-0.15, -0.1) is 0 Å². The Morgan fingerprint density at radius 2 is 0.532 bits per heavy atom. The number of hydrogen-bond donors (Lipinski definition) is 0. The molecule has 6 nitrogen and oxygen atoms in total. The van der Waals surface area contributed by atoms with Crippen LogP contribution in [0.25, 0.3) is 0 Å². The lowest BCUT2D eigenvalue weighted by Gasteiger charge is -2.18. The molecule has 0 heterocycles. The van der Waals surface area contributed by atoms with Crippen LogP contribution in [-0.4, -0.2) is 37.2 Å². The van der Waals surface area contributed by atoms with Gasteiger partial charge in [0.05, 0.1) is 0 Å². The van der Waals surface area contributed by atoms with Gasteiger partial charge < -0.3 is 14.2 Å². The summed E-state index contributed by atoms with van der Waals surface area (Å²) in [5.74, 6) is -0.00759. The van der Waals surface area contributed by atoms with Gasteiger partial charge in [-0.05, 0) is 25.2 Å². The van der Waals surface area contributed by atoms with Crippen molar-refractivity contribution in [3.63, 3.8) is 0 Å². The van der Waals surface area contributed by atoms with E-state index >= 15 is 0 Å². The number of esters is 3. The predicted octanol–water partition coefficient (Wildman–Crippen LogP) is 18.2. The molecule has 6 heteroatoms. The standard InChI is InChI=1S/C56H108O6/c1-5-7-9-11-13-15-17-18-19-20-21-22-23-28-32-36-40-44-48-55(58)61-51-53(50-60-54(57)47-43-39-35-31-26-16-14-12-10-8-6-2)62-56(59)49-45-41-37-33-29-25-24-27-30-34-38-42-46-52(3)4/h52-53H,5-51H2,1-4H3/t53-/m0/s1. The molecule has 0 rings (SSSR count). The molecular formula is C56H108O6. The van der Waals surface area contributed by atoms with E-state index in [0.717, 1.165) is 63.7 Å². The van der Waals surface area contributed by atoms with Crippen LogP contribution in [-0.2, 0) is 28.6 Å². The van der Waals surface area contributed by atoms with Crippen molar-refractivity contribution < 1.29 is 28.6 Å². The number of carbonyl (C=O) groups excluding carboxylic acids is 3.